The van der Waals surface area contributed by atoms with E-state index < -0.39 is 5.97 Å². The number of aromatic carboxylic acids is 1. The summed E-state index contributed by atoms with van der Waals surface area (Å²) in [5.74, 6) is -0.726. The van der Waals surface area contributed by atoms with Gasteiger partial charge in [0.05, 0.1) is 7.11 Å². The third-order valence-electron chi connectivity index (χ3n) is 1.82. The van der Waals surface area contributed by atoms with Crippen molar-refractivity contribution in [2.24, 2.45) is 0 Å². The van der Waals surface area contributed by atoms with Crippen LogP contribution in [0, 0.1) is 6.92 Å². The second-order valence-electron chi connectivity index (χ2n) is 2.71. The highest BCUT2D eigenvalue weighted by molar-refractivity contribution is 5.92. The van der Waals surface area contributed by atoms with Crippen LogP contribution in [0.1, 0.15) is 15.9 Å². The molecule has 3 N–H and O–H groups in total. The van der Waals surface area contributed by atoms with Crippen molar-refractivity contribution < 1.29 is 14.6 Å². The number of carbonyl (C=O) groups is 1. The second kappa shape index (κ2) is 3.35. The first-order valence-electron chi connectivity index (χ1n) is 3.73. The minimum Gasteiger partial charge on any atom is -0.496 e. The molecule has 4 nitrogen and oxygen atoms in total. The zero-order chi connectivity index (χ0) is 10.0. The highest BCUT2D eigenvalue weighted by atomic mass is 16.5. The Kier molecular flexibility index (Phi) is 2.41. The maximum Gasteiger partial charge on any atom is 0.339 e. The van der Waals surface area contributed by atoms with Gasteiger partial charge in [0.25, 0.3) is 0 Å². The molecule has 0 aromatic heterocycles. The summed E-state index contributed by atoms with van der Waals surface area (Å²) in [6, 6.07) is 3.01. The molecule has 1 aromatic rings. The number of nitrogen functional groups attached to an aromatic ring is 1. The van der Waals surface area contributed by atoms with E-state index in [1.807, 2.05) is 0 Å². The minimum atomic E-state index is -1.01. The standard InChI is InChI=1S/C9H11NO3/c1-5-3-6(9(11)12)8(13-2)4-7(5)10/h3-4H,10H2,1-2H3,(H,11,12). The summed E-state index contributed by atoms with van der Waals surface area (Å²) in [6.07, 6.45) is 0. The second-order valence-corrected chi connectivity index (χ2v) is 2.71. The van der Waals surface area contributed by atoms with Crippen LogP contribution >= 0.6 is 0 Å². The van der Waals surface area contributed by atoms with Crippen LogP contribution < -0.4 is 10.5 Å². The Morgan fingerprint density at radius 3 is 2.62 bits per heavy atom. The molecular formula is C9H11NO3. The first-order valence-corrected chi connectivity index (χ1v) is 3.73. The number of nitrogens with two attached hydrogens (primary N) is 1. The lowest BCUT2D eigenvalue weighted by Crippen LogP contribution is -2.02. The SMILES string of the molecule is COc1cc(N)c(C)cc1C(=O)O. The Bertz CT molecular complexity index is 347. The zero-order valence-corrected chi connectivity index (χ0v) is 7.50. The Morgan fingerprint density at radius 2 is 2.15 bits per heavy atom. The van der Waals surface area contributed by atoms with E-state index in [0.717, 1.165) is 5.56 Å². The van der Waals surface area contributed by atoms with Crippen molar-refractivity contribution in [3.05, 3.63) is 23.3 Å². The van der Waals surface area contributed by atoms with E-state index in [0.29, 0.717) is 5.69 Å². The van der Waals surface area contributed by atoms with Crippen molar-refractivity contribution in [2.75, 3.05) is 12.8 Å². The van der Waals surface area contributed by atoms with Crippen LogP contribution in [-0.4, -0.2) is 18.2 Å². The number of methoxy groups -OCH3 is 1. The third-order valence-corrected chi connectivity index (χ3v) is 1.82. The number of ether oxygens (including phenoxy) is 1. The van der Waals surface area contributed by atoms with Crippen LogP contribution in [0.2, 0.25) is 0 Å². The van der Waals surface area contributed by atoms with Crippen molar-refractivity contribution in [3.63, 3.8) is 0 Å². The van der Waals surface area contributed by atoms with Gasteiger partial charge in [-0.1, -0.05) is 0 Å². The van der Waals surface area contributed by atoms with Gasteiger partial charge in [0.15, 0.2) is 0 Å². The summed E-state index contributed by atoms with van der Waals surface area (Å²) < 4.78 is 4.88. The van der Waals surface area contributed by atoms with Crippen LogP contribution in [0.3, 0.4) is 0 Å². The number of benzene rings is 1. The summed E-state index contributed by atoms with van der Waals surface area (Å²) in [5.41, 5.74) is 6.99. The molecule has 0 unspecified atom stereocenters. The van der Waals surface area contributed by atoms with E-state index in [1.54, 1.807) is 6.92 Å². The molecule has 0 fully saturated rings. The summed E-state index contributed by atoms with van der Waals surface area (Å²) in [5, 5.41) is 8.79. The molecule has 0 spiro atoms. The van der Waals surface area contributed by atoms with Crippen LogP contribution in [0.5, 0.6) is 5.75 Å². The minimum absolute atomic E-state index is 0.134. The summed E-state index contributed by atoms with van der Waals surface area (Å²) in [7, 11) is 1.41. The molecule has 0 aliphatic carbocycles. The van der Waals surface area contributed by atoms with Crippen molar-refractivity contribution in [3.8, 4) is 5.75 Å². The van der Waals surface area contributed by atoms with Crippen molar-refractivity contribution >= 4 is 11.7 Å². The zero-order valence-electron chi connectivity index (χ0n) is 7.50. The number of hydrogen-bond acceptors (Lipinski definition) is 3. The highest BCUT2D eigenvalue weighted by Crippen LogP contribution is 2.24. The normalized spacial score (nSPS) is 9.69. The van der Waals surface area contributed by atoms with E-state index in [-0.39, 0.29) is 11.3 Å². The van der Waals surface area contributed by atoms with E-state index >= 15 is 0 Å². The topological polar surface area (TPSA) is 72.5 Å². The Labute approximate surface area is 75.9 Å². The Hall–Kier alpha value is -1.71. The average molecular weight is 181 g/mol. The fraction of sp³-hybridized carbons (Fsp3) is 0.222. The molecule has 0 amide bonds. The first kappa shape index (κ1) is 9.38. The third kappa shape index (κ3) is 1.72. The molecule has 0 aliphatic rings. The maximum atomic E-state index is 10.7. The lowest BCUT2D eigenvalue weighted by atomic mass is 10.1. The van der Waals surface area contributed by atoms with Gasteiger partial charge >= 0.3 is 5.97 Å². The van der Waals surface area contributed by atoms with Gasteiger partial charge in [-0.2, -0.15) is 0 Å². The quantitative estimate of drug-likeness (QED) is 0.674. The van der Waals surface area contributed by atoms with Gasteiger partial charge in [-0.25, -0.2) is 4.79 Å². The van der Waals surface area contributed by atoms with Gasteiger partial charge < -0.3 is 15.6 Å². The smallest absolute Gasteiger partial charge is 0.339 e. The molecule has 1 aromatic carbocycles. The van der Waals surface area contributed by atoms with Gasteiger partial charge in [-0.3, -0.25) is 0 Å². The molecule has 0 aliphatic heterocycles. The van der Waals surface area contributed by atoms with Crippen LogP contribution in [-0.2, 0) is 0 Å². The molecular weight excluding hydrogens is 170 g/mol. The van der Waals surface area contributed by atoms with Crippen molar-refractivity contribution in [1.82, 2.24) is 0 Å². The monoisotopic (exact) mass is 181 g/mol. The predicted molar refractivity (Wildman–Crippen MR) is 49.1 cm³/mol. The Balaban J connectivity index is 3.33. The summed E-state index contributed by atoms with van der Waals surface area (Å²) >= 11 is 0. The fourth-order valence-electron chi connectivity index (χ4n) is 1.04. The molecule has 4 heteroatoms. The molecule has 0 heterocycles. The van der Waals surface area contributed by atoms with Crippen LogP contribution in [0.15, 0.2) is 12.1 Å². The Morgan fingerprint density at radius 1 is 1.54 bits per heavy atom. The number of carboxylic acid groups (broad SMARTS) is 1. The van der Waals surface area contributed by atoms with Crippen LogP contribution in [0.4, 0.5) is 5.69 Å². The highest BCUT2D eigenvalue weighted by Gasteiger charge is 2.12. The van der Waals surface area contributed by atoms with E-state index in [1.165, 1.54) is 19.2 Å². The van der Waals surface area contributed by atoms with E-state index in [2.05, 4.69) is 0 Å². The number of carboxylic acids is 1. The first-order chi connectivity index (χ1) is 6.06. The van der Waals surface area contributed by atoms with Gasteiger partial charge in [0, 0.05) is 11.8 Å². The van der Waals surface area contributed by atoms with Gasteiger partial charge in [-0.15, -0.1) is 0 Å². The van der Waals surface area contributed by atoms with Gasteiger partial charge in [0.2, 0.25) is 0 Å². The van der Waals surface area contributed by atoms with E-state index in [4.69, 9.17) is 15.6 Å². The van der Waals surface area contributed by atoms with E-state index in [9.17, 15) is 4.79 Å². The summed E-state index contributed by atoms with van der Waals surface area (Å²) in [4.78, 5) is 10.7. The van der Waals surface area contributed by atoms with Crippen LogP contribution in [0.25, 0.3) is 0 Å². The maximum absolute atomic E-state index is 10.7. The number of aryl methyl sites for hydroxylation is 1. The van der Waals surface area contributed by atoms with Gasteiger partial charge in [-0.05, 0) is 18.6 Å². The number of rotatable bonds is 2. The number of hydrogen-bond donors (Lipinski definition) is 2. The number of anilines is 1. The molecule has 70 valence electrons. The van der Waals surface area contributed by atoms with Crippen molar-refractivity contribution in [2.45, 2.75) is 6.92 Å². The average Bonchev–Trinajstić information content (AvgIpc) is 2.08. The molecule has 0 radical (unpaired) electrons. The lowest BCUT2D eigenvalue weighted by Gasteiger charge is -2.07. The lowest BCUT2D eigenvalue weighted by molar-refractivity contribution is 0.0693. The molecule has 0 saturated heterocycles. The predicted octanol–water partition coefficient (Wildman–Crippen LogP) is 1.28. The van der Waals surface area contributed by atoms with Gasteiger partial charge in [0.1, 0.15) is 11.3 Å². The summed E-state index contributed by atoms with van der Waals surface area (Å²) in [6.45, 7) is 1.75. The molecule has 0 saturated carbocycles. The molecule has 1 rings (SSSR count). The fourth-order valence-corrected chi connectivity index (χ4v) is 1.04. The largest absolute Gasteiger partial charge is 0.496 e. The van der Waals surface area contributed by atoms with Crippen molar-refractivity contribution in [1.29, 1.82) is 0 Å². The molecule has 13 heavy (non-hydrogen) atoms. The molecule has 0 atom stereocenters. The molecule has 0 bridgehead atoms.